The number of amides is 3. The summed E-state index contributed by atoms with van der Waals surface area (Å²) < 4.78 is 28.1. The molecule has 0 aliphatic heterocycles. The first-order chi connectivity index (χ1) is 12.6. The Hall–Kier alpha value is -3.02. The molecule has 0 spiro atoms. The minimum absolute atomic E-state index is 0.321. The molecule has 11 nitrogen and oxygen atoms in total. The number of sulfone groups is 1. The second-order valence-corrected chi connectivity index (χ2v) is 8.94. The highest BCUT2D eigenvalue weighted by Crippen LogP contribution is 2.25. The monoisotopic (exact) mass is 415 g/mol. The second kappa shape index (κ2) is 8.33. The Bertz CT molecular complexity index is 918. The molecular formula is C16H21N3O8S. The maximum Gasteiger partial charge on any atom is 0.339 e. The van der Waals surface area contributed by atoms with E-state index in [4.69, 9.17) is 4.74 Å². The Balaban J connectivity index is 2.93. The van der Waals surface area contributed by atoms with E-state index in [1.807, 2.05) is 5.32 Å². The Kier molecular flexibility index (Phi) is 6.85. The minimum Gasteiger partial charge on any atom is -0.449 e. The van der Waals surface area contributed by atoms with E-state index in [0.717, 1.165) is 24.5 Å². The molecule has 0 bridgehead atoms. The summed E-state index contributed by atoms with van der Waals surface area (Å²) in [6, 6.07) is 1.90. The summed E-state index contributed by atoms with van der Waals surface area (Å²) in [5, 5.41) is 15.6. The van der Waals surface area contributed by atoms with Gasteiger partial charge in [-0.05, 0) is 39.8 Å². The number of carbonyl (C=O) groups is 3. The number of ether oxygens (including phenoxy) is 1. The van der Waals surface area contributed by atoms with Crippen molar-refractivity contribution in [1.29, 1.82) is 0 Å². The van der Waals surface area contributed by atoms with E-state index in [2.05, 4.69) is 5.32 Å². The van der Waals surface area contributed by atoms with E-state index < -0.39 is 54.9 Å². The van der Waals surface area contributed by atoms with Crippen molar-refractivity contribution in [1.82, 2.24) is 10.6 Å². The predicted molar refractivity (Wildman–Crippen MR) is 97.5 cm³/mol. The van der Waals surface area contributed by atoms with Gasteiger partial charge < -0.3 is 10.1 Å². The number of urea groups is 1. The van der Waals surface area contributed by atoms with Crippen molar-refractivity contribution in [2.75, 3.05) is 6.26 Å². The van der Waals surface area contributed by atoms with Gasteiger partial charge in [-0.1, -0.05) is 0 Å². The van der Waals surface area contributed by atoms with Gasteiger partial charge in [-0.2, -0.15) is 0 Å². The van der Waals surface area contributed by atoms with Crippen LogP contribution < -0.4 is 10.6 Å². The zero-order valence-corrected chi connectivity index (χ0v) is 16.7. The molecule has 0 saturated heterocycles. The number of nitrogens with zero attached hydrogens (tertiary/aromatic N) is 1. The molecule has 28 heavy (non-hydrogen) atoms. The third kappa shape index (κ3) is 6.61. The van der Waals surface area contributed by atoms with Crippen LogP contribution in [0.1, 0.15) is 38.1 Å². The Morgan fingerprint density at radius 1 is 1.21 bits per heavy atom. The first-order valence-electron chi connectivity index (χ1n) is 7.94. The van der Waals surface area contributed by atoms with Crippen molar-refractivity contribution in [3.8, 4) is 0 Å². The van der Waals surface area contributed by atoms with Crippen LogP contribution in [0.25, 0.3) is 0 Å². The van der Waals surface area contributed by atoms with Gasteiger partial charge >= 0.3 is 12.0 Å². The zero-order chi connectivity index (χ0) is 21.9. The van der Waals surface area contributed by atoms with Crippen molar-refractivity contribution in [3.05, 3.63) is 33.9 Å². The molecule has 0 aliphatic rings. The lowest BCUT2D eigenvalue weighted by Gasteiger charge is -2.21. The third-order valence-corrected chi connectivity index (χ3v) is 4.31. The summed E-state index contributed by atoms with van der Waals surface area (Å²) in [7, 11) is -3.89. The van der Waals surface area contributed by atoms with Crippen LogP contribution >= 0.6 is 0 Å². The number of rotatable bonds is 5. The Morgan fingerprint density at radius 3 is 2.25 bits per heavy atom. The Morgan fingerprint density at radius 2 is 1.79 bits per heavy atom. The number of esters is 1. The van der Waals surface area contributed by atoms with Gasteiger partial charge in [-0.25, -0.2) is 18.0 Å². The molecule has 1 unspecified atom stereocenters. The lowest BCUT2D eigenvalue weighted by atomic mass is 10.1. The first-order valence-corrected chi connectivity index (χ1v) is 9.83. The fraction of sp³-hybridized carbons (Fsp3) is 0.438. The van der Waals surface area contributed by atoms with E-state index in [1.165, 1.54) is 6.92 Å². The van der Waals surface area contributed by atoms with Crippen molar-refractivity contribution < 1.29 is 32.5 Å². The highest BCUT2D eigenvalue weighted by atomic mass is 32.2. The van der Waals surface area contributed by atoms with Gasteiger partial charge in [0.15, 0.2) is 15.9 Å². The summed E-state index contributed by atoms with van der Waals surface area (Å²) in [5.74, 6) is -2.00. The van der Waals surface area contributed by atoms with Crippen LogP contribution in [0.3, 0.4) is 0 Å². The van der Waals surface area contributed by atoms with E-state index in [0.29, 0.717) is 0 Å². The SMILES string of the molecule is CC(OC(=O)c1ccc(S(C)(=O)=O)c([N+](=O)[O-])c1)C(=O)NC(=O)NC(C)(C)C. The normalized spacial score (nSPS) is 12.6. The van der Waals surface area contributed by atoms with Crippen LogP contribution in [-0.4, -0.2) is 49.1 Å². The molecule has 154 valence electrons. The van der Waals surface area contributed by atoms with Gasteiger partial charge in [-0.3, -0.25) is 20.2 Å². The number of nitro benzene ring substituents is 1. The van der Waals surface area contributed by atoms with Gasteiger partial charge in [0, 0.05) is 17.9 Å². The van der Waals surface area contributed by atoms with Gasteiger partial charge in [-0.15, -0.1) is 0 Å². The van der Waals surface area contributed by atoms with Gasteiger partial charge in [0.1, 0.15) is 4.90 Å². The summed E-state index contributed by atoms with van der Waals surface area (Å²) in [6.07, 6.45) is -0.589. The van der Waals surface area contributed by atoms with E-state index >= 15 is 0 Å². The van der Waals surface area contributed by atoms with E-state index in [1.54, 1.807) is 20.8 Å². The van der Waals surface area contributed by atoms with Crippen LogP contribution in [0.5, 0.6) is 0 Å². The molecule has 1 aromatic rings. The number of benzene rings is 1. The third-order valence-electron chi connectivity index (χ3n) is 3.17. The predicted octanol–water partition coefficient (Wildman–Crippen LogP) is 1.17. The molecule has 0 heterocycles. The zero-order valence-electron chi connectivity index (χ0n) is 15.9. The van der Waals surface area contributed by atoms with Crippen LogP contribution in [0.15, 0.2) is 23.1 Å². The molecule has 0 aromatic heterocycles. The summed E-state index contributed by atoms with van der Waals surface area (Å²) in [5.41, 5.74) is -1.71. The van der Waals surface area contributed by atoms with Crippen LogP contribution in [-0.2, 0) is 19.4 Å². The number of nitrogens with one attached hydrogen (secondary N) is 2. The fourth-order valence-corrected chi connectivity index (χ4v) is 2.80. The molecule has 12 heteroatoms. The number of hydrogen-bond acceptors (Lipinski definition) is 8. The smallest absolute Gasteiger partial charge is 0.339 e. The molecular weight excluding hydrogens is 394 g/mol. The molecule has 1 atom stereocenters. The van der Waals surface area contributed by atoms with Crippen LogP contribution in [0.4, 0.5) is 10.5 Å². The summed E-state index contributed by atoms with van der Waals surface area (Å²) >= 11 is 0. The number of carbonyl (C=O) groups excluding carboxylic acids is 3. The molecule has 0 radical (unpaired) electrons. The van der Waals surface area contributed by atoms with Crippen molar-refractivity contribution in [2.24, 2.45) is 0 Å². The molecule has 3 amide bonds. The van der Waals surface area contributed by atoms with E-state index in [-0.39, 0.29) is 5.56 Å². The topological polar surface area (TPSA) is 162 Å². The summed E-state index contributed by atoms with van der Waals surface area (Å²) in [6.45, 7) is 6.31. The lowest BCUT2D eigenvalue weighted by Crippen LogP contribution is -2.50. The standard InChI is InChI=1S/C16H21N3O8S/c1-9(13(20)17-15(22)18-16(2,3)4)27-14(21)10-6-7-12(28(5,25)26)11(8-10)19(23)24/h6-9H,1-5H3,(H2,17,18,20,22). The molecule has 1 rings (SSSR count). The average Bonchev–Trinajstić information content (AvgIpc) is 2.51. The largest absolute Gasteiger partial charge is 0.449 e. The number of imide groups is 1. The lowest BCUT2D eigenvalue weighted by molar-refractivity contribution is -0.387. The van der Waals surface area contributed by atoms with Crippen LogP contribution in [0.2, 0.25) is 0 Å². The molecule has 1 aromatic carbocycles. The fourth-order valence-electron chi connectivity index (χ4n) is 1.97. The van der Waals surface area contributed by atoms with Crippen LogP contribution in [0, 0.1) is 10.1 Å². The molecule has 0 aliphatic carbocycles. The maximum atomic E-state index is 12.1. The van der Waals surface area contributed by atoms with Crippen molar-refractivity contribution in [2.45, 2.75) is 44.2 Å². The first kappa shape index (κ1) is 23.0. The van der Waals surface area contributed by atoms with Crippen molar-refractivity contribution in [3.63, 3.8) is 0 Å². The number of hydrogen-bond donors (Lipinski definition) is 2. The van der Waals surface area contributed by atoms with Gasteiger partial charge in [0.05, 0.1) is 10.5 Å². The molecule has 0 fully saturated rings. The minimum atomic E-state index is -3.89. The second-order valence-electron chi connectivity index (χ2n) is 6.95. The van der Waals surface area contributed by atoms with Gasteiger partial charge in [0.25, 0.3) is 11.6 Å². The summed E-state index contributed by atoms with van der Waals surface area (Å²) in [4.78, 5) is 45.3. The quantitative estimate of drug-likeness (QED) is 0.411. The van der Waals surface area contributed by atoms with Crippen molar-refractivity contribution >= 4 is 33.4 Å². The maximum absolute atomic E-state index is 12.1. The number of nitro groups is 1. The van der Waals surface area contributed by atoms with E-state index in [9.17, 15) is 32.9 Å². The molecule has 2 N–H and O–H groups in total. The Labute approximate surface area is 161 Å². The molecule has 0 saturated carbocycles. The van der Waals surface area contributed by atoms with Gasteiger partial charge in [0.2, 0.25) is 0 Å². The highest BCUT2D eigenvalue weighted by molar-refractivity contribution is 7.90. The highest BCUT2D eigenvalue weighted by Gasteiger charge is 2.27. The average molecular weight is 415 g/mol.